The summed E-state index contributed by atoms with van der Waals surface area (Å²) in [5.74, 6) is 0.798. The first-order valence-electron chi connectivity index (χ1n) is 9.08. The Balaban J connectivity index is 1.89. The number of hydrogen-bond acceptors (Lipinski definition) is 5. The number of para-hydroxylation sites is 1. The Morgan fingerprint density at radius 2 is 2.15 bits per heavy atom. The molecule has 1 atom stereocenters. The van der Waals surface area contributed by atoms with Gasteiger partial charge < -0.3 is 5.73 Å². The van der Waals surface area contributed by atoms with Crippen LogP contribution in [0.3, 0.4) is 0 Å². The zero-order valence-electron chi connectivity index (χ0n) is 15.1. The number of thiophene rings is 1. The van der Waals surface area contributed by atoms with Gasteiger partial charge in [0.2, 0.25) is 5.91 Å². The van der Waals surface area contributed by atoms with Crippen LogP contribution in [0, 0.1) is 5.92 Å². The molecule has 0 saturated heterocycles. The highest BCUT2D eigenvalue weighted by Crippen LogP contribution is 2.37. The molecule has 3 aromatic rings. The maximum atomic E-state index is 13.5. The molecule has 1 aliphatic rings. The number of thioether (sulfide) groups is 1. The van der Waals surface area contributed by atoms with E-state index in [1.165, 1.54) is 22.2 Å². The van der Waals surface area contributed by atoms with Crippen molar-refractivity contribution in [1.82, 2.24) is 9.55 Å². The Morgan fingerprint density at radius 3 is 2.89 bits per heavy atom. The molecule has 0 fully saturated rings. The summed E-state index contributed by atoms with van der Waals surface area (Å²) in [6, 6.07) is 9.57. The SMILES string of the molecule is CC1CCc2c(sc3nc(SCCC(N)=O)n(-c4ccccc4)c(=O)c23)C1. The summed E-state index contributed by atoms with van der Waals surface area (Å²) in [7, 11) is 0. The smallest absolute Gasteiger partial charge is 0.267 e. The number of aryl methyl sites for hydroxylation is 1. The number of amides is 1. The zero-order chi connectivity index (χ0) is 19.0. The van der Waals surface area contributed by atoms with Crippen LogP contribution in [0.25, 0.3) is 15.9 Å². The highest BCUT2D eigenvalue weighted by atomic mass is 32.2. The second-order valence-corrected chi connectivity index (χ2v) is 9.11. The minimum atomic E-state index is -0.349. The third-order valence-electron chi connectivity index (χ3n) is 4.89. The monoisotopic (exact) mass is 399 g/mol. The van der Waals surface area contributed by atoms with Crippen LogP contribution >= 0.6 is 23.1 Å². The van der Waals surface area contributed by atoms with E-state index in [0.717, 1.165) is 35.2 Å². The van der Waals surface area contributed by atoms with Gasteiger partial charge in [-0.3, -0.25) is 14.2 Å². The molecule has 140 valence electrons. The van der Waals surface area contributed by atoms with E-state index in [-0.39, 0.29) is 17.9 Å². The van der Waals surface area contributed by atoms with E-state index in [9.17, 15) is 9.59 Å². The number of aromatic nitrogens is 2. The van der Waals surface area contributed by atoms with Crippen molar-refractivity contribution in [2.24, 2.45) is 11.7 Å². The summed E-state index contributed by atoms with van der Waals surface area (Å²) < 4.78 is 1.68. The quantitative estimate of drug-likeness (QED) is 0.526. The van der Waals surface area contributed by atoms with E-state index in [2.05, 4.69) is 6.92 Å². The summed E-state index contributed by atoms with van der Waals surface area (Å²) >= 11 is 3.05. The Bertz CT molecular complexity index is 1060. The third-order valence-corrected chi connectivity index (χ3v) is 6.98. The van der Waals surface area contributed by atoms with Crippen molar-refractivity contribution in [2.45, 2.75) is 37.8 Å². The second-order valence-electron chi connectivity index (χ2n) is 6.97. The van der Waals surface area contributed by atoms with Gasteiger partial charge in [-0.05, 0) is 42.9 Å². The van der Waals surface area contributed by atoms with E-state index >= 15 is 0 Å². The summed E-state index contributed by atoms with van der Waals surface area (Å²) in [6.45, 7) is 2.26. The van der Waals surface area contributed by atoms with Gasteiger partial charge in [0.15, 0.2) is 5.16 Å². The van der Waals surface area contributed by atoms with Crippen molar-refractivity contribution in [3.05, 3.63) is 51.1 Å². The van der Waals surface area contributed by atoms with Crippen LogP contribution in [-0.2, 0) is 17.6 Å². The van der Waals surface area contributed by atoms with Crippen molar-refractivity contribution in [1.29, 1.82) is 0 Å². The number of hydrogen-bond donors (Lipinski definition) is 1. The largest absolute Gasteiger partial charge is 0.370 e. The molecule has 0 spiro atoms. The number of benzene rings is 1. The molecular weight excluding hydrogens is 378 g/mol. The molecule has 2 aromatic heterocycles. The van der Waals surface area contributed by atoms with Crippen LogP contribution in [0.2, 0.25) is 0 Å². The van der Waals surface area contributed by atoms with Gasteiger partial charge in [-0.15, -0.1) is 11.3 Å². The fourth-order valence-corrected chi connectivity index (χ4v) is 5.91. The molecule has 27 heavy (non-hydrogen) atoms. The van der Waals surface area contributed by atoms with Crippen LogP contribution < -0.4 is 11.3 Å². The lowest BCUT2D eigenvalue weighted by Gasteiger charge is -2.17. The number of primary amides is 1. The number of nitrogens with two attached hydrogens (primary N) is 1. The molecule has 4 rings (SSSR count). The highest BCUT2D eigenvalue weighted by molar-refractivity contribution is 7.99. The predicted octanol–water partition coefficient (Wildman–Crippen LogP) is 3.54. The summed E-state index contributed by atoms with van der Waals surface area (Å²) in [6.07, 6.45) is 3.33. The Kier molecular flexibility index (Phi) is 5.06. The third kappa shape index (κ3) is 3.53. The van der Waals surface area contributed by atoms with Gasteiger partial charge in [-0.1, -0.05) is 36.9 Å². The molecule has 1 aliphatic carbocycles. The maximum Gasteiger partial charge on any atom is 0.267 e. The van der Waals surface area contributed by atoms with Gasteiger partial charge in [0, 0.05) is 17.1 Å². The van der Waals surface area contributed by atoms with Gasteiger partial charge in [-0.25, -0.2) is 4.98 Å². The van der Waals surface area contributed by atoms with Gasteiger partial charge in [0.25, 0.3) is 5.56 Å². The van der Waals surface area contributed by atoms with Crippen LogP contribution in [-0.4, -0.2) is 21.2 Å². The number of rotatable bonds is 5. The van der Waals surface area contributed by atoms with Crippen LogP contribution in [0.1, 0.15) is 30.2 Å². The number of carbonyl (C=O) groups is 1. The van der Waals surface area contributed by atoms with Crippen molar-refractivity contribution < 1.29 is 4.79 Å². The van der Waals surface area contributed by atoms with E-state index in [1.54, 1.807) is 15.9 Å². The zero-order valence-corrected chi connectivity index (χ0v) is 16.7. The first-order valence-corrected chi connectivity index (χ1v) is 10.9. The number of nitrogens with zero attached hydrogens (tertiary/aromatic N) is 2. The molecule has 1 unspecified atom stereocenters. The standard InChI is InChI=1S/C20H21N3O2S2/c1-12-7-8-14-15(11-12)27-18-17(14)19(25)23(13-5-3-2-4-6-13)20(22-18)26-10-9-16(21)24/h2-6,12H,7-11H2,1H3,(H2,21,24). The molecule has 0 bridgehead atoms. The van der Waals surface area contributed by atoms with Gasteiger partial charge in [-0.2, -0.15) is 0 Å². The van der Waals surface area contributed by atoms with Gasteiger partial charge >= 0.3 is 0 Å². The average Bonchev–Trinajstić information content (AvgIpc) is 2.99. The Hall–Kier alpha value is -2.12. The topological polar surface area (TPSA) is 78.0 Å². The molecule has 0 aliphatic heterocycles. The minimum Gasteiger partial charge on any atom is -0.370 e. The lowest BCUT2D eigenvalue weighted by molar-refractivity contribution is -0.117. The molecule has 0 saturated carbocycles. The van der Waals surface area contributed by atoms with Crippen LogP contribution in [0.15, 0.2) is 40.3 Å². The first kappa shape index (κ1) is 18.3. The summed E-state index contributed by atoms with van der Waals surface area (Å²) in [5, 5.41) is 1.39. The normalized spacial score (nSPS) is 16.4. The van der Waals surface area contributed by atoms with E-state index in [1.807, 2.05) is 30.3 Å². The second kappa shape index (κ2) is 7.48. The average molecular weight is 400 g/mol. The fraction of sp³-hybridized carbons (Fsp3) is 0.350. The Morgan fingerprint density at radius 1 is 1.37 bits per heavy atom. The molecule has 2 heterocycles. The Labute approximate surface area is 165 Å². The summed E-state index contributed by atoms with van der Waals surface area (Å²) in [4.78, 5) is 31.5. The minimum absolute atomic E-state index is 0.0140. The van der Waals surface area contributed by atoms with Crippen molar-refractivity contribution in [2.75, 3.05) is 5.75 Å². The van der Waals surface area contributed by atoms with E-state index in [4.69, 9.17) is 10.7 Å². The molecule has 0 radical (unpaired) electrons. The molecule has 1 amide bonds. The predicted molar refractivity (Wildman–Crippen MR) is 111 cm³/mol. The molecule has 2 N–H and O–H groups in total. The highest BCUT2D eigenvalue weighted by Gasteiger charge is 2.25. The van der Waals surface area contributed by atoms with Crippen LogP contribution in [0.5, 0.6) is 0 Å². The van der Waals surface area contributed by atoms with Crippen molar-refractivity contribution in [3.63, 3.8) is 0 Å². The molecule has 7 heteroatoms. The maximum absolute atomic E-state index is 13.5. The van der Waals surface area contributed by atoms with Crippen molar-refractivity contribution >= 4 is 39.2 Å². The summed E-state index contributed by atoms with van der Waals surface area (Å²) in [5.41, 5.74) is 7.23. The van der Waals surface area contributed by atoms with E-state index in [0.29, 0.717) is 16.8 Å². The lowest BCUT2D eigenvalue weighted by Crippen LogP contribution is -2.23. The lowest BCUT2D eigenvalue weighted by atomic mass is 9.89. The first-order chi connectivity index (χ1) is 13.0. The van der Waals surface area contributed by atoms with Crippen LogP contribution in [0.4, 0.5) is 0 Å². The number of carbonyl (C=O) groups excluding carboxylic acids is 1. The van der Waals surface area contributed by atoms with Crippen molar-refractivity contribution in [3.8, 4) is 5.69 Å². The molecule has 1 aromatic carbocycles. The number of fused-ring (bicyclic) bond motifs is 3. The molecule has 5 nitrogen and oxygen atoms in total. The molecular formula is C20H21N3O2S2. The van der Waals surface area contributed by atoms with E-state index < -0.39 is 0 Å². The fourth-order valence-electron chi connectivity index (χ4n) is 3.52. The van der Waals surface area contributed by atoms with Gasteiger partial charge in [0.1, 0.15) is 4.83 Å². The van der Waals surface area contributed by atoms with Gasteiger partial charge in [0.05, 0.1) is 11.1 Å².